The Labute approximate surface area is 124 Å². The molecule has 21 heavy (non-hydrogen) atoms. The van der Waals surface area contributed by atoms with Crippen LogP contribution in [0.4, 0.5) is 0 Å². The Morgan fingerprint density at radius 2 is 2.19 bits per heavy atom. The summed E-state index contributed by atoms with van der Waals surface area (Å²) in [6.07, 6.45) is 3.86. The third kappa shape index (κ3) is 3.16. The summed E-state index contributed by atoms with van der Waals surface area (Å²) in [6, 6.07) is 9.66. The lowest BCUT2D eigenvalue weighted by molar-refractivity contribution is 0.258. The lowest BCUT2D eigenvalue weighted by Crippen LogP contribution is -2.28. The van der Waals surface area contributed by atoms with Gasteiger partial charge in [-0.25, -0.2) is 12.7 Å². The predicted molar refractivity (Wildman–Crippen MR) is 81.8 cm³/mol. The molecule has 1 unspecified atom stereocenters. The first-order valence-electron chi connectivity index (χ1n) is 6.96. The number of hydrogen-bond acceptors (Lipinski definition) is 4. The van der Waals surface area contributed by atoms with Crippen molar-refractivity contribution in [3.8, 4) is 5.75 Å². The van der Waals surface area contributed by atoms with Crippen LogP contribution < -0.4 is 4.74 Å². The molecule has 112 valence electrons. The second-order valence-electron chi connectivity index (χ2n) is 5.41. The lowest BCUT2D eigenvalue weighted by atomic mass is 10.1. The van der Waals surface area contributed by atoms with Crippen molar-refractivity contribution in [2.24, 2.45) is 5.92 Å². The van der Waals surface area contributed by atoms with Crippen LogP contribution in [0.3, 0.4) is 0 Å². The molecule has 1 atom stereocenters. The zero-order valence-corrected chi connectivity index (χ0v) is 12.7. The maximum atomic E-state index is 11.5. The first-order chi connectivity index (χ1) is 10.0. The summed E-state index contributed by atoms with van der Waals surface area (Å²) >= 11 is 0. The summed E-state index contributed by atoms with van der Waals surface area (Å²) in [5.74, 6) is 1.05. The first kappa shape index (κ1) is 14.3. The van der Waals surface area contributed by atoms with Gasteiger partial charge in [-0.3, -0.25) is 4.98 Å². The standard InChI is InChI=1S/C15H18N2O3S/c1-21(18,19)17-9-7-12(10-17)11-20-15-6-2-5-14-13(15)4-3-8-16-14/h2-6,8,12H,7,9-11H2,1H3. The van der Waals surface area contributed by atoms with E-state index in [0.29, 0.717) is 19.7 Å². The van der Waals surface area contributed by atoms with Gasteiger partial charge in [0.1, 0.15) is 5.75 Å². The van der Waals surface area contributed by atoms with Crippen LogP contribution in [0.2, 0.25) is 0 Å². The largest absolute Gasteiger partial charge is 0.493 e. The quantitative estimate of drug-likeness (QED) is 0.865. The summed E-state index contributed by atoms with van der Waals surface area (Å²) < 4.78 is 30.4. The SMILES string of the molecule is CS(=O)(=O)N1CCC(COc2cccc3ncccc23)C1. The zero-order chi connectivity index (χ0) is 14.9. The zero-order valence-electron chi connectivity index (χ0n) is 11.9. The van der Waals surface area contributed by atoms with Gasteiger partial charge in [0, 0.05) is 30.6 Å². The normalized spacial score (nSPS) is 20.0. The van der Waals surface area contributed by atoms with Crippen LogP contribution in [-0.4, -0.2) is 43.7 Å². The van der Waals surface area contributed by atoms with Gasteiger partial charge in [-0.1, -0.05) is 6.07 Å². The molecule has 2 aromatic rings. The molecule has 0 N–H and O–H groups in total. The van der Waals surface area contributed by atoms with E-state index < -0.39 is 10.0 Å². The van der Waals surface area contributed by atoms with Crippen molar-refractivity contribution in [3.05, 3.63) is 36.5 Å². The van der Waals surface area contributed by atoms with Gasteiger partial charge in [0.2, 0.25) is 10.0 Å². The maximum absolute atomic E-state index is 11.5. The molecular weight excluding hydrogens is 288 g/mol. The number of fused-ring (bicyclic) bond motifs is 1. The van der Waals surface area contributed by atoms with Crippen molar-refractivity contribution in [3.63, 3.8) is 0 Å². The molecule has 2 heterocycles. The van der Waals surface area contributed by atoms with E-state index >= 15 is 0 Å². The average molecular weight is 306 g/mol. The maximum Gasteiger partial charge on any atom is 0.211 e. The molecule has 0 saturated carbocycles. The van der Waals surface area contributed by atoms with Gasteiger partial charge in [-0.2, -0.15) is 0 Å². The fourth-order valence-electron chi connectivity index (χ4n) is 2.64. The summed E-state index contributed by atoms with van der Waals surface area (Å²) in [5, 5.41) is 0.984. The van der Waals surface area contributed by atoms with Gasteiger partial charge >= 0.3 is 0 Å². The van der Waals surface area contributed by atoms with E-state index in [4.69, 9.17) is 4.74 Å². The van der Waals surface area contributed by atoms with E-state index in [1.165, 1.54) is 10.6 Å². The average Bonchev–Trinajstić information content (AvgIpc) is 2.94. The first-order valence-corrected chi connectivity index (χ1v) is 8.80. The molecule has 1 aliphatic heterocycles. The molecule has 1 saturated heterocycles. The summed E-state index contributed by atoms with van der Waals surface area (Å²) in [7, 11) is -3.09. The highest BCUT2D eigenvalue weighted by Crippen LogP contribution is 2.26. The highest BCUT2D eigenvalue weighted by molar-refractivity contribution is 7.88. The van der Waals surface area contributed by atoms with Crippen LogP contribution in [0.25, 0.3) is 10.9 Å². The molecule has 1 aliphatic rings. The summed E-state index contributed by atoms with van der Waals surface area (Å²) in [6.45, 7) is 1.66. The monoisotopic (exact) mass is 306 g/mol. The van der Waals surface area contributed by atoms with Crippen LogP contribution in [0.5, 0.6) is 5.75 Å². The van der Waals surface area contributed by atoms with Gasteiger partial charge in [0.25, 0.3) is 0 Å². The molecule has 0 bridgehead atoms. The molecular formula is C15H18N2O3S. The smallest absolute Gasteiger partial charge is 0.211 e. The van der Waals surface area contributed by atoms with Crippen molar-refractivity contribution in [1.29, 1.82) is 0 Å². The topological polar surface area (TPSA) is 59.5 Å². The number of rotatable bonds is 4. The number of hydrogen-bond donors (Lipinski definition) is 0. The van der Waals surface area contributed by atoms with Crippen molar-refractivity contribution in [2.75, 3.05) is 26.0 Å². The minimum Gasteiger partial charge on any atom is -0.493 e. The van der Waals surface area contributed by atoms with Gasteiger partial charge in [-0.05, 0) is 30.7 Å². The van der Waals surface area contributed by atoms with Gasteiger partial charge in [0.05, 0.1) is 18.4 Å². The fourth-order valence-corrected chi connectivity index (χ4v) is 3.56. The van der Waals surface area contributed by atoms with Crippen LogP contribution in [0.1, 0.15) is 6.42 Å². The number of ether oxygens (including phenoxy) is 1. The predicted octanol–water partition coefficient (Wildman–Crippen LogP) is 1.90. The van der Waals surface area contributed by atoms with Crippen LogP contribution in [0, 0.1) is 5.92 Å². The molecule has 0 radical (unpaired) electrons. The Hall–Kier alpha value is -1.66. The molecule has 1 aromatic carbocycles. The fraction of sp³-hybridized carbons (Fsp3) is 0.400. The van der Waals surface area contributed by atoms with Crippen LogP contribution >= 0.6 is 0 Å². The molecule has 0 spiro atoms. The number of sulfonamides is 1. The molecule has 3 rings (SSSR count). The Morgan fingerprint density at radius 1 is 1.33 bits per heavy atom. The Morgan fingerprint density at radius 3 is 2.95 bits per heavy atom. The van der Waals surface area contributed by atoms with E-state index in [2.05, 4.69) is 4.98 Å². The molecule has 0 amide bonds. The second-order valence-corrected chi connectivity index (χ2v) is 7.40. The van der Waals surface area contributed by atoms with E-state index in [1.807, 2.05) is 30.3 Å². The van der Waals surface area contributed by atoms with Crippen LogP contribution in [0.15, 0.2) is 36.5 Å². The third-order valence-corrected chi connectivity index (χ3v) is 5.07. The summed E-state index contributed by atoms with van der Waals surface area (Å²) in [4.78, 5) is 4.30. The van der Waals surface area contributed by atoms with Crippen molar-refractivity contribution < 1.29 is 13.2 Å². The van der Waals surface area contributed by atoms with Gasteiger partial charge in [0.15, 0.2) is 0 Å². The van der Waals surface area contributed by atoms with Crippen molar-refractivity contribution in [2.45, 2.75) is 6.42 Å². The minimum atomic E-state index is -3.09. The molecule has 0 aliphatic carbocycles. The highest BCUT2D eigenvalue weighted by Gasteiger charge is 2.28. The van der Waals surface area contributed by atoms with E-state index in [-0.39, 0.29) is 5.92 Å². The number of aromatic nitrogens is 1. The molecule has 1 aromatic heterocycles. The Kier molecular flexibility index (Phi) is 3.82. The van der Waals surface area contributed by atoms with E-state index in [9.17, 15) is 8.42 Å². The number of benzene rings is 1. The van der Waals surface area contributed by atoms with Crippen molar-refractivity contribution in [1.82, 2.24) is 9.29 Å². The number of nitrogens with zero attached hydrogens (tertiary/aromatic N) is 2. The molecule has 5 nitrogen and oxygen atoms in total. The van der Waals surface area contributed by atoms with E-state index in [1.54, 1.807) is 6.20 Å². The highest BCUT2D eigenvalue weighted by atomic mass is 32.2. The second kappa shape index (κ2) is 5.61. The lowest BCUT2D eigenvalue weighted by Gasteiger charge is -2.15. The van der Waals surface area contributed by atoms with E-state index in [0.717, 1.165) is 23.1 Å². The van der Waals surface area contributed by atoms with Gasteiger partial charge in [-0.15, -0.1) is 0 Å². The summed E-state index contributed by atoms with van der Waals surface area (Å²) in [5.41, 5.74) is 0.902. The van der Waals surface area contributed by atoms with Crippen LogP contribution in [-0.2, 0) is 10.0 Å². The van der Waals surface area contributed by atoms with Gasteiger partial charge < -0.3 is 4.74 Å². The number of pyridine rings is 1. The molecule has 1 fully saturated rings. The molecule has 6 heteroatoms. The Bertz CT molecular complexity index is 740. The Balaban J connectivity index is 1.68. The third-order valence-electron chi connectivity index (χ3n) is 3.80. The minimum absolute atomic E-state index is 0.242. The van der Waals surface area contributed by atoms with Crippen molar-refractivity contribution >= 4 is 20.9 Å².